The Kier molecular flexibility index (Phi) is 3.21. The van der Waals surface area contributed by atoms with E-state index in [1.807, 2.05) is 0 Å². The maximum atomic E-state index is 11.9. The van der Waals surface area contributed by atoms with E-state index in [1.165, 1.54) is 6.08 Å². The van der Waals surface area contributed by atoms with Gasteiger partial charge in [0.25, 0.3) is 0 Å². The van der Waals surface area contributed by atoms with Gasteiger partial charge in [0, 0.05) is 0 Å². The number of ether oxygens (including phenoxy) is 1. The largest absolute Gasteiger partial charge is 0.573 e. The van der Waals surface area contributed by atoms with Gasteiger partial charge in [-0.3, -0.25) is 0 Å². The van der Waals surface area contributed by atoms with Gasteiger partial charge in [-0.05, 0) is 37.5 Å². The fraction of sp³-hybridized carbons (Fsp3) is 0.556. The fourth-order valence-corrected chi connectivity index (χ4v) is 1.34. The molecule has 2 nitrogen and oxygen atoms in total. The molecule has 1 aliphatic carbocycles. The molecule has 0 bridgehead atoms. The lowest BCUT2D eigenvalue weighted by Gasteiger charge is -2.20. The van der Waals surface area contributed by atoms with Crippen molar-refractivity contribution in [1.29, 1.82) is 0 Å². The molecule has 0 amide bonds. The predicted octanol–water partition coefficient (Wildman–Crippen LogP) is 2.33. The third-order valence-electron chi connectivity index (χ3n) is 2.04. The number of rotatable bonds is 2. The molecule has 5 heteroatoms. The van der Waals surface area contributed by atoms with Gasteiger partial charge in [-0.25, -0.2) is 0 Å². The van der Waals surface area contributed by atoms with Crippen LogP contribution in [0.4, 0.5) is 13.2 Å². The number of allylic oxidation sites excluding steroid dienone is 2. The van der Waals surface area contributed by atoms with Crippen LogP contribution in [0.25, 0.3) is 0 Å². The van der Waals surface area contributed by atoms with Gasteiger partial charge < -0.3 is 10.5 Å². The van der Waals surface area contributed by atoms with E-state index in [9.17, 15) is 13.2 Å². The van der Waals surface area contributed by atoms with Crippen molar-refractivity contribution >= 4 is 0 Å². The second-order valence-corrected chi connectivity index (χ2v) is 3.25. The predicted molar refractivity (Wildman–Crippen MR) is 46.1 cm³/mol. The molecule has 0 saturated heterocycles. The van der Waals surface area contributed by atoms with Crippen molar-refractivity contribution in [3.63, 3.8) is 0 Å². The lowest BCUT2D eigenvalue weighted by molar-refractivity contribution is -0.303. The molecule has 2 N–H and O–H groups in total. The highest BCUT2D eigenvalue weighted by molar-refractivity contribution is 5.25. The fourth-order valence-electron chi connectivity index (χ4n) is 1.34. The Morgan fingerprint density at radius 2 is 2.21 bits per heavy atom. The third-order valence-corrected chi connectivity index (χ3v) is 2.04. The smallest absolute Gasteiger partial charge is 0.406 e. The number of hydrogen-bond acceptors (Lipinski definition) is 2. The zero-order chi connectivity index (χ0) is 10.8. The van der Waals surface area contributed by atoms with E-state index in [-0.39, 0.29) is 11.7 Å². The Bertz CT molecular complexity index is 268. The van der Waals surface area contributed by atoms with Crippen molar-refractivity contribution < 1.29 is 17.9 Å². The lowest BCUT2D eigenvalue weighted by Crippen LogP contribution is -2.18. The number of nitrogens with two attached hydrogens (primary N) is 1. The summed E-state index contributed by atoms with van der Waals surface area (Å²) in [6, 6.07) is 0. The molecule has 0 fully saturated rings. The first-order valence-corrected chi connectivity index (χ1v) is 4.26. The summed E-state index contributed by atoms with van der Waals surface area (Å²) in [5.41, 5.74) is 5.98. The summed E-state index contributed by atoms with van der Waals surface area (Å²) < 4.78 is 39.5. The van der Waals surface area contributed by atoms with Crippen LogP contribution in [0.2, 0.25) is 0 Å². The van der Waals surface area contributed by atoms with E-state index in [1.54, 1.807) is 13.0 Å². The third kappa shape index (κ3) is 3.06. The van der Waals surface area contributed by atoms with Crippen molar-refractivity contribution in [2.75, 3.05) is 6.54 Å². The zero-order valence-electron chi connectivity index (χ0n) is 7.77. The van der Waals surface area contributed by atoms with E-state index in [0.29, 0.717) is 18.5 Å². The number of alkyl halides is 3. The molecule has 0 aromatic heterocycles. The summed E-state index contributed by atoms with van der Waals surface area (Å²) >= 11 is 0. The highest BCUT2D eigenvalue weighted by Gasteiger charge is 2.32. The standard InChI is InChI=1S/C9H12F3NO/c1-6-4-7(5-13)2-3-8(6)14-9(10,11)12/h2-3,7H,4-5,13H2,1H3. The molecular formula is C9H12F3NO. The van der Waals surface area contributed by atoms with Crippen molar-refractivity contribution in [3.05, 3.63) is 23.5 Å². The highest BCUT2D eigenvalue weighted by atomic mass is 19.4. The minimum atomic E-state index is -4.61. The Labute approximate surface area is 80.2 Å². The zero-order valence-corrected chi connectivity index (χ0v) is 7.77. The molecule has 1 atom stereocenters. The van der Waals surface area contributed by atoms with Gasteiger partial charge in [-0.2, -0.15) is 0 Å². The summed E-state index contributed by atoms with van der Waals surface area (Å²) in [7, 11) is 0. The molecule has 1 rings (SSSR count). The van der Waals surface area contributed by atoms with Crippen LogP contribution in [0.5, 0.6) is 0 Å². The Morgan fingerprint density at radius 1 is 1.57 bits per heavy atom. The van der Waals surface area contributed by atoms with Crippen molar-refractivity contribution in [2.45, 2.75) is 19.7 Å². The average molecular weight is 207 g/mol. The summed E-state index contributed by atoms with van der Waals surface area (Å²) in [4.78, 5) is 0. The van der Waals surface area contributed by atoms with E-state index >= 15 is 0 Å². The first-order valence-electron chi connectivity index (χ1n) is 4.26. The van der Waals surface area contributed by atoms with Gasteiger partial charge in [0.2, 0.25) is 0 Å². The van der Waals surface area contributed by atoms with Gasteiger partial charge in [0.15, 0.2) is 0 Å². The van der Waals surface area contributed by atoms with Gasteiger partial charge in [0.1, 0.15) is 5.76 Å². The number of hydrogen-bond donors (Lipinski definition) is 1. The molecule has 0 radical (unpaired) electrons. The van der Waals surface area contributed by atoms with Crippen molar-refractivity contribution in [2.24, 2.45) is 11.7 Å². The van der Waals surface area contributed by atoms with Crippen LogP contribution < -0.4 is 5.73 Å². The lowest BCUT2D eigenvalue weighted by atomic mass is 9.94. The first kappa shape index (κ1) is 11.1. The summed E-state index contributed by atoms with van der Waals surface area (Å²) in [6.07, 6.45) is -1.10. The molecule has 14 heavy (non-hydrogen) atoms. The van der Waals surface area contributed by atoms with Crippen molar-refractivity contribution in [3.8, 4) is 0 Å². The molecule has 0 aliphatic heterocycles. The first-order chi connectivity index (χ1) is 6.42. The maximum absolute atomic E-state index is 11.9. The van der Waals surface area contributed by atoms with Crippen LogP contribution in [-0.4, -0.2) is 12.9 Å². The SMILES string of the molecule is CC1=C(OC(F)(F)F)C=CC(CN)C1. The molecule has 0 heterocycles. The molecule has 1 unspecified atom stereocenters. The minimum Gasteiger partial charge on any atom is -0.406 e. The Hall–Kier alpha value is -0.970. The summed E-state index contributed by atoms with van der Waals surface area (Å²) in [6.45, 7) is 2.06. The molecule has 80 valence electrons. The van der Waals surface area contributed by atoms with Crippen LogP contribution in [0.3, 0.4) is 0 Å². The van der Waals surface area contributed by atoms with Crippen molar-refractivity contribution in [1.82, 2.24) is 0 Å². The Morgan fingerprint density at radius 3 is 2.64 bits per heavy atom. The van der Waals surface area contributed by atoms with Crippen LogP contribution in [0.15, 0.2) is 23.5 Å². The van der Waals surface area contributed by atoms with Gasteiger partial charge >= 0.3 is 6.36 Å². The second kappa shape index (κ2) is 4.04. The normalized spacial score (nSPS) is 22.8. The van der Waals surface area contributed by atoms with E-state index in [4.69, 9.17) is 5.73 Å². The molecular weight excluding hydrogens is 195 g/mol. The van der Waals surface area contributed by atoms with E-state index < -0.39 is 6.36 Å². The monoisotopic (exact) mass is 207 g/mol. The van der Waals surface area contributed by atoms with Gasteiger partial charge in [-0.1, -0.05) is 6.08 Å². The highest BCUT2D eigenvalue weighted by Crippen LogP contribution is 2.29. The molecule has 0 saturated carbocycles. The molecule has 0 aromatic rings. The molecule has 1 aliphatic rings. The van der Waals surface area contributed by atoms with Crippen LogP contribution in [0, 0.1) is 5.92 Å². The molecule has 0 spiro atoms. The quantitative estimate of drug-likeness (QED) is 0.754. The number of halogens is 3. The van der Waals surface area contributed by atoms with E-state index in [0.717, 1.165) is 0 Å². The maximum Gasteiger partial charge on any atom is 0.573 e. The second-order valence-electron chi connectivity index (χ2n) is 3.25. The Balaban J connectivity index is 2.68. The van der Waals surface area contributed by atoms with Gasteiger partial charge in [0.05, 0.1) is 0 Å². The van der Waals surface area contributed by atoms with Crippen LogP contribution >= 0.6 is 0 Å². The topological polar surface area (TPSA) is 35.2 Å². The average Bonchev–Trinajstić information content (AvgIpc) is 2.06. The van der Waals surface area contributed by atoms with Crippen LogP contribution in [-0.2, 0) is 4.74 Å². The molecule has 0 aromatic carbocycles. The minimum absolute atomic E-state index is 0.109. The summed E-state index contributed by atoms with van der Waals surface area (Å²) in [5, 5.41) is 0. The summed E-state index contributed by atoms with van der Waals surface area (Å²) in [5.74, 6) is 0.0118. The van der Waals surface area contributed by atoms with Crippen LogP contribution in [0.1, 0.15) is 13.3 Å². The van der Waals surface area contributed by atoms with Gasteiger partial charge in [-0.15, -0.1) is 13.2 Å². The van der Waals surface area contributed by atoms with E-state index in [2.05, 4.69) is 4.74 Å².